The Morgan fingerprint density at radius 2 is 1.75 bits per heavy atom. The third-order valence-electron chi connectivity index (χ3n) is 4.81. The second kappa shape index (κ2) is 10.0. The van der Waals surface area contributed by atoms with Crippen LogP contribution in [0.15, 0.2) is 59.6 Å². The molecule has 3 N–H and O–H groups in total. The Labute approximate surface area is 166 Å². The van der Waals surface area contributed by atoms with Crippen LogP contribution >= 0.6 is 0 Å². The molecule has 1 saturated heterocycles. The van der Waals surface area contributed by atoms with Crippen LogP contribution in [-0.4, -0.2) is 43.4 Å². The van der Waals surface area contributed by atoms with E-state index in [1.807, 2.05) is 48.7 Å². The molecule has 2 unspecified atom stereocenters. The Kier molecular flexibility index (Phi) is 7.17. The third-order valence-corrected chi connectivity index (χ3v) is 4.81. The number of nitrogens with one attached hydrogen (secondary N) is 3. The fourth-order valence-electron chi connectivity index (χ4n) is 3.20. The topological polar surface area (TPSA) is 74.8 Å². The molecule has 3 rings (SSSR count). The molecule has 1 fully saturated rings. The highest BCUT2D eigenvalue weighted by Gasteiger charge is 2.28. The van der Waals surface area contributed by atoms with Crippen molar-refractivity contribution >= 4 is 12.1 Å². The number of aliphatic imine (C=N–C) groups is 1. The summed E-state index contributed by atoms with van der Waals surface area (Å²) >= 11 is 0. The van der Waals surface area contributed by atoms with E-state index in [0.29, 0.717) is 12.3 Å². The van der Waals surface area contributed by atoms with Crippen molar-refractivity contribution in [2.75, 3.05) is 13.2 Å². The van der Waals surface area contributed by atoms with Crippen molar-refractivity contribution < 1.29 is 9.53 Å². The van der Waals surface area contributed by atoms with Gasteiger partial charge >= 0.3 is 0 Å². The molecular formula is C22H28N4O2. The zero-order valence-electron chi connectivity index (χ0n) is 16.4. The molecule has 6 heteroatoms. The van der Waals surface area contributed by atoms with E-state index in [0.717, 1.165) is 12.0 Å². The summed E-state index contributed by atoms with van der Waals surface area (Å²) in [6.07, 6.45) is 2.63. The van der Waals surface area contributed by atoms with E-state index in [1.165, 1.54) is 5.56 Å². The summed E-state index contributed by atoms with van der Waals surface area (Å²) in [7, 11) is 0. The van der Waals surface area contributed by atoms with Gasteiger partial charge in [-0.05, 0) is 38.0 Å². The molecule has 1 heterocycles. The van der Waals surface area contributed by atoms with E-state index in [4.69, 9.17) is 9.73 Å². The summed E-state index contributed by atoms with van der Waals surface area (Å²) in [4.78, 5) is 16.8. The molecule has 0 bridgehead atoms. The quantitative estimate of drug-likeness (QED) is 0.613. The first kappa shape index (κ1) is 20.0. The Balaban J connectivity index is 1.49. The first-order valence-electron chi connectivity index (χ1n) is 9.70. The van der Waals surface area contributed by atoms with Crippen molar-refractivity contribution in [2.45, 2.75) is 38.4 Å². The van der Waals surface area contributed by atoms with Crippen molar-refractivity contribution in [3.8, 4) is 5.75 Å². The van der Waals surface area contributed by atoms with Crippen LogP contribution in [0, 0.1) is 0 Å². The molecule has 2 aromatic carbocycles. The molecule has 1 aliphatic heterocycles. The summed E-state index contributed by atoms with van der Waals surface area (Å²) in [5.41, 5.74) is 8.45. The van der Waals surface area contributed by atoms with Crippen LogP contribution in [-0.2, 0) is 11.2 Å². The number of amides is 1. The highest BCUT2D eigenvalue weighted by Crippen LogP contribution is 2.17. The van der Waals surface area contributed by atoms with Gasteiger partial charge in [-0.1, -0.05) is 42.5 Å². The zero-order chi connectivity index (χ0) is 19.8. The fourth-order valence-corrected chi connectivity index (χ4v) is 3.20. The number of nitrogens with zero attached hydrogens (tertiary/aromatic N) is 1. The van der Waals surface area contributed by atoms with Gasteiger partial charge in [-0.15, -0.1) is 0 Å². The molecule has 2 aromatic rings. The monoisotopic (exact) mass is 380 g/mol. The molecule has 2 atom stereocenters. The van der Waals surface area contributed by atoms with E-state index in [-0.39, 0.29) is 30.6 Å². The van der Waals surface area contributed by atoms with Crippen molar-refractivity contribution in [1.82, 2.24) is 16.2 Å². The molecule has 28 heavy (non-hydrogen) atoms. The summed E-state index contributed by atoms with van der Waals surface area (Å²) < 4.78 is 5.74. The maximum Gasteiger partial charge on any atom is 0.257 e. The number of hydrogen-bond donors (Lipinski definition) is 3. The average molecular weight is 380 g/mol. The van der Waals surface area contributed by atoms with Crippen LogP contribution in [0.3, 0.4) is 0 Å². The summed E-state index contributed by atoms with van der Waals surface area (Å²) in [5.74, 6) is 0.526. The maximum absolute atomic E-state index is 12.1. The predicted molar refractivity (Wildman–Crippen MR) is 112 cm³/mol. The van der Waals surface area contributed by atoms with Gasteiger partial charge in [-0.3, -0.25) is 20.6 Å². The van der Waals surface area contributed by atoms with E-state index < -0.39 is 0 Å². The first-order chi connectivity index (χ1) is 13.6. The number of hydrogen-bond acceptors (Lipinski definition) is 5. The van der Waals surface area contributed by atoms with E-state index >= 15 is 0 Å². The van der Waals surface area contributed by atoms with Gasteiger partial charge in [0.2, 0.25) is 0 Å². The molecule has 0 saturated carbocycles. The molecule has 1 amide bonds. The molecule has 148 valence electrons. The van der Waals surface area contributed by atoms with Gasteiger partial charge in [0, 0.05) is 30.4 Å². The molecule has 0 radical (unpaired) electrons. The highest BCUT2D eigenvalue weighted by atomic mass is 16.5. The fraction of sp³-hybridized carbons (Fsp3) is 0.364. The first-order valence-corrected chi connectivity index (χ1v) is 9.70. The average Bonchev–Trinajstić information content (AvgIpc) is 3.04. The molecular weight excluding hydrogens is 352 g/mol. The predicted octanol–water partition coefficient (Wildman–Crippen LogP) is 2.10. The SMILES string of the molecule is CC1NNC(C)C1N=Cc1ccccc1OCC(=O)NCCc1ccccc1. The van der Waals surface area contributed by atoms with Crippen molar-refractivity contribution in [1.29, 1.82) is 0 Å². The van der Waals surface area contributed by atoms with E-state index in [2.05, 4.69) is 42.1 Å². The normalized spacial score (nSPS) is 21.7. The Morgan fingerprint density at radius 1 is 1.07 bits per heavy atom. The lowest BCUT2D eigenvalue weighted by molar-refractivity contribution is -0.123. The lowest BCUT2D eigenvalue weighted by Gasteiger charge is -2.13. The Morgan fingerprint density at radius 3 is 2.50 bits per heavy atom. The number of ether oxygens (including phenoxy) is 1. The van der Waals surface area contributed by atoms with Crippen LogP contribution in [0.2, 0.25) is 0 Å². The van der Waals surface area contributed by atoms with Gasteiger partial charge in [0.05, 0.1) is 6.04 Å². The van der Waals surface area contributed by atoms with E-state index in [9.17, 15) is 4.79 Å². The van der Waals surface area contributed by atoms with Crippen molar-refractivity contribution in [2.24, 2.45) is 4.99 Å². The van der Waals surface area contributed by atoms with Crippen molar-refractivity contribution in [3.63, 3.8) is 0 Å². The van der Waals surface area contributed by atoms with Crippen molar-refractivity contribution in [3.05, 3.63) is 65.7 Å². The standard InChI is InChI=1S/C22H28N4O2/c1-16-22(17(2)26-25-16)24-14-19-10-6-7-11-20(19)28-15-21(27)23-13-12-18-8-4-3-5-9-18/h3-11,14,16-17,22,25-26H,12-13,15H2,1-2H3,(H,23,27). The van der Waals surface area contributed by atoms with Crippen LogP contribution < -0.4 is 20.9 Å². The van der Waals surface area contributed by atoms with Gasteiger partial charge in [0.15, 0.2) is 6.61 Å². The Bertz CT molecular complexity index is 784. The molecule has 0 spiro atoms. The van der Waals surface area contributed by atoms with Crippen LogP contribution in [0.25, 0.3) is 0 Å². The maximum atomic E-state index is 12.1. The van der Waals surface area contributed by atoms with Crippen LogP contribution in [0.1, 0.15) is 25.0 Å². The van der Waals surface area contributed by atoms with Gasteiger partial charge in [0.25, 0.3) is 5.91 Å². The lowest BCUT2D eigenvalue weighted by atomic mass is 10.1. The van der Waals surface area contributed by atoms with Crippen LogP contribution in [0.5, 0.6) is 5.75 Å². The molecule has 1 aliphatic rings. The van der Waals surface area contributed by atoms with E-state index in [1.54, 1.807) is 0 Å². The Hall–Kier alpha value is -2.70. The number of carbonyl (C=O) groups excluding carboxylic acids is 1. The van der Waals surface area contributed by atoms with Gasteiger partial charge < -0.3 is 10.1 Å². The number of benzene rings is 2. The third kappa shape index (κ3) is 5.65. The summed E-state index contributed by atoms with van der Waals surface area (Å²) in [6, 6.07) is 18.4. The summed E-state index contributed by atoms with van der Waals surface area (Å²) in [5, 5.41) is 2.90. The highest BCUT2D eigenvalue weighted by molar-refractivity contribution is 5.84. The zero-order valence-corrected chi connectivity index (χ0v) is 16.4. The van der Waals surface area contributed by atoms with Gasteiger partial charge in [-0.2, -0.15) is 0 Å². The van der Waals surface area contributed by atoms with Gasteiger partial charge in [-0.25, -0.2) is 0 Å². The number of hydrazine groups is 1. The molecule has 0 aromatic heterocycles. The largest absolute Gasteiger partial charge is 0.483 e. The molecule has 0 aliphatic carbocycles. The smallest absolute Gasteiger partial charge is 0.257 e. The molecule has 6 nitrogen and oxygen atoms in total. The minimum absolute atomic E-state index is 0.0149. The van der Waals surface area contributed by atoms with Gasteiger partial charge in [0.1, 0.15) is 5.75 Å². The second-order valence-corrected chi connectivity index (χ2v) is 7.05. The summed E-state index contributed by atoms with van der Waals surface area (Å²) in [6.45, 7) is 4.77. The number of para-hydroxylation sites is 1. The minimum atomic E-state index is -0.130. The second-order valence-electron chi connectivity index (χ2n) is 7.05. The van der Waals surface area contributed by atoms with Crippen LogP contribution in [0.4, 0.5) is 0 Å². The number of carbonyl (C=O) groups is 1. The minimum Gasteiger partial charge on any atom is -0.483 e. The number of rotatable bonds is 8. The lowest BCUT2D eigenvalue weighted by Crippen LogP contribution is -2.30.